The van der Waals surface area contributed by atoms with Crippen molar-refractivity contribution in [3.8, 4) is 0 Å². The molecule has 0 saturated heterocycles. The molecule has 430 valence electrons. The molecule has 25 nitrogen and oxygen atoms in total. The molecule has 0 fully saturated rings. The molecule has 78 heavy (non-hydrogen) atoms. The molecule has 9 amide bonds. The van der Waals surface area contributed by atoms with Crippen LogP contribution in [0.25, 0.3) is 10.9 Å². The van der Waals surface area contributed by atoms with Gasteiger partial charge < -0.3 is 80.7 Å². The van der Waals surface area contributed by atoms with Gasteiger partial charge in [-0.25, -0.2) is 4.79 Å². The average Bonchev–Trinajstić information content (AvgIpc) is 3.79. The van der Waals surface area contributed by atoms with Crippen molar-refractivity contribution in [2.45, 2.75) is 153 Å². The summed E-state index contributed by atoms with van der Waals surface area (Å²) in [5.41, 5.74) is 24.8. The molecule has 1 aromatic heterocycles. The number of H-pyrrole nitrogens is 1. The second-order valence-electron chi connectivity index (χ2n) is 20.1. The van der Waals surface area contributed by atoms with Crippen LogP contribution in [0.15, 0.2) is 60.8 Å². The highest BCUT2D eigenvalue weighted by Crippen LogP contribution is 2.20. The highest BCUT2D eigenvalue weighted by atomic mass is 16.4. The first kappa shape index (κ1) is 64.8. The lowest BCUT2D eigenvalue weighted by Gasteiger charge is -2.28. The highest BCUT2D eigenvalue weighted by Gasteiger charge is 2.36. The number of carboxylic acids is 1. The van der Waals surface area contributed by atoms with E-state index in [2.05, 4.69) is 47.5 Å². The Bertz CT molecular complexity index is 2490. The molecule has 0 aliphatic heterocycles. The summed E-state index contributed by atoms with van der Waals surface area (Å²) in [5, 5.41) is 41.4. The number of primary amides is 1. The predicted octanol–water partition coefficient (Wildman–Crippen LogP) is -1.91. The zero-order valence-electron chi connectivity index (χ0n) is 45.1. The van der Waals surface area contributed by atoms with E-state index in [1.807, 2.05) is 0 Å². The fraction of sp³-hybridized carbons (Fsp3) is 0.547. The highest BCUT2D eigenvalue weighted by molar-refractivity contribution is 5.99. The molecule has 0 spiro atoms. The summed E-state index contributed by atoms with van der Waals surface area (Å²) in [6, 6.07) is 4.90. The molecule has 1 unspecified atom stereocenters. The van der Waals surface area contributed by atoms with Gasteiger partial charge in [-0.05, 0) is 87.6 Å². The molecule has 0 aliphatic carbocycles. The minimum absolute atomic E-state index is 0.0190. The van der Waals surface area contributed by atoms with Crippen LogP contribution in [0, 0.1) is 11.8 Å². The van der Waals surface area contributed by atoms with Gasteiger partial charge in [0.05, 0.1) is 25.1 Å². The number of fused-ring (bicyclic) bond motifs is 1. The van der Waals surface area contributed by atoms with E-state index in [0.717, 1.165) is 10.9 Å². The van der Waals surface area contributed by atoms with Gasteiger partial charge in [-0.2, -0.15) is 0 Å². The standard InChI is InChI=1S/C53H81N13O12/c1-29(2)23-38(50(74)65-44(30(3)4)51(75)64-41(53(77)78)24-32-15-7-6-8-16-32)61-49(73)40(26-42(57)68)62-48(72)37(20-12-14-22-55)60-43(69)28-59-47(71)39(25-33-27-58-36-19-10-9-17-34(33)36)63-52(76)45(31(5)67)66-46(70)35(56)18-11-13-21-54/h6-10,15-17,19,27,29-31,35,37-41,44-45,58,67H,11-14,18,20-26,28,54-56H2,1-5H3,(H2,57,68)(H,59,71)(H,60,69)(H,61,73)(H,62,72)(H,63,76)(H,64,75)(H,65,74)(H,66,70)(H,77,78)/t31?,35-,37-,38-,39-,40-,41-,44-,45-/m0/s1. The summed E-state index contributed by atoms with van der Waals surface area (Å²) in [5.74, 6) is -9.99. The fourth-order valence-electron chi connectivity index (χ4n) is 8.35. The molecule has 19 N–H and O–H groups in total. The van der Waals surface area contributed by atoms with Gasteiger partial charge in [-0.15, -0.1) is 0 Å². The maximum Gasteiger partial charge on any atom is 0.326 e. The Morgan fingerprint density at radius 1 is 0.577 bits per heavy atom. The topological polar surface area (TPSA) is 427 Å². The number of carbonyl (C=O) groups excluding carboxylic acids is 9. The second kappa shape index (κ2) is 33.0. The molecule has 3 rings (SSSR count). The van der Waals surface area contributed by atoms with E-state index in [1.54, 1.807) is 88.5 Å². The maximum atomic E-state index is 14.0. The minimum Gasteiger partial charge on any atom is -0.480 e. The Kier molecular flexibility index (Phi) is 27.4. The smallest absolute Gasteiger partial charge is 0.326 e. The number of unbranched alkanes of at least 4 members (excludes halogenated alkanes) is 2. The molecule has 0 saturated carbocycles. The average molecular weight is 1090 g/mol. The van der Waals surface area contributed by atoms with Crippen molar-refractivity contribution < 1.29 is 58.2 Å². The third-order valence-electron chi connectivity index (χ3n) is 12.6. The number of aromatic amines is 1. The summed E-state index contributed by atoms with van der Waals surface area (Å²) in [6.07, 6.45) is 1.45. The van der Waals surface area contributed by atoms with Crippen molar-refractivity contribution in [2.75, 3.05) is 19.6 Å². The number of carboxylic acid groups (broad SMARTS) is 1. The third-order valence-corrected chi connectivity index (χ3v) is 12.6. The summed E-state index contributed by atoms with van der Waals surface area (Å²) >= 11 is 0. The Balaban J connectivity index is 1.80. The molecular formula is C53H81N13O12. The number of aliphatic carboxylic acids is 1. The van der Waals surface area contributed by atoms with E-state index in [0.29, 0.717) is 43.4 Å². The van der Waals surface area contributed by atoms with E-state index in [-0.39, 0.29) is 44.6 Å². The lowest BCUT2D eigenvalue weighted by molar-refractivity contribution is -0.142. The number of amides is 9. The molecule has 9 atom stereocenters. The van der Waals surface area contributed by atoms with Gasteiger partial charge in [0.2, 0.25) is 53.2 Å². The summed E-state index contributed by atoms with van der Waals surface area (Å²) in [6.45, 7) is 7.96. The van der Waals surface area contributed by atoms with E-state index in [4.69, 9.17) is 22.9 Å². The van der Waals surface area contributed by atoms with Crippen LogP contribution < -0.4 is 65.5 Å². The Morgan fingerprint density at radius 3 is 1.73 bits per heavy atom. The molecule has 1 heterocycles. The SMILES string of the molecule is CC(C)C[C@H](NC(=O)[C@H](CC(N)=O)NC(=O)[C@H](CCCCN)NC(=O)CNC(=O)[C@H](Cc1c[nH]c2ccccc12)NC(=O)[C@@H](NC(=O)[C@@H](N)CCCCN)C(C)O)C(=O)N[C@H](C(=O)N[C@@H](Cc1ccccc1)C(=O)O)C(C)C. The number of aromatic nitrogens is 1. The number of hydrogen-bond donors (Lipinski definition) is 15. The van der Waals surface area contributed by atoms with Gasteiger partial charge in [-0.1, -0.05) is 82.6 Å². The van der Waals surface area contributed by atoms with E-state index < -0.39 is 132 Å². The van der Waals surface area contributed by atoms with E-state index in [1.165, 1.54) is 6.92 Å². The van der Waals surface area contributed by atoms with Crippen LogP contribution in [0.1, 0.15) is 97.1 Å². The van der Waals surface area contributed by atoms with Gasteiger partial charge in [0, 0.05) is 29.9 Å². The number of para-hydroxylation sites is 1. The van der Waals surface area contributed by atoms with E-state index >= 15 is 0 Å². The molecule has 0 radical (unpaired) electrons. The van der Waals surface area contributed by atoms with Crippen LogP contribution in [0.5, 0.6) is 0 Å². The van der Waals surface area contributed by atoms with Gasteiger partial charge in [0.15, 0.2) is 0 Å². The number of nitrogens with one attached hydrogen (secondary N) is 9. The van der Waals surface area contributed by atoms with E-state index in [9.17, 15) is 58.2 Å². The Hall–Kier alpha value is -7.48. The maximum absolute atomic E-state index is 14.0. The zero-order chi connectivity index (χ0) is 58.1. The van der Waals surface area contributed by atoms with Crippen molar-refractivity contribution in [1.82, 2.24) is 47.5 Å². The lowest BCUT2D eigenvalue weighted by Crippen LogP contribution is -2.60. The van der Waals surface area contributed by atoms with Crippen LogP contribution in [0.4, 0.5) is 0 Å². The van der Waals surface area contributed by atoms with Crippen LogP contribution >= 0.6 is 0 Å². The van der Waals surface area contributed by atoms with Gasteiger partial charge in [-0.3, -0.25) is 43.2 Å². The third kappa shape index (κ3) is 21.9. The summed E-state index contributed by atoms with van der Waals surface area (Å²) < 4.78 is 0. The largest absolute Gasteiger partial charge is 0.480 e. The second-order valence-corrected chi connectivity index (χ2v) is 20.1. The Morgan fingerprint density at radius 2 is 1.13 bits per heavy atom. The van der Waals surface area contributed by atoms with Crippen molar-refractivity contribution in [3.05, 3.63) is 71.9 Å². The van der Waals surface area contributed by atoms with Crippen molar-refractivity contribution in [3.63, 3.8) is 0 Å². The first-order chi connectivity index (χ1) is 36.9. The number of aliphatic hydroxyl groups is 1. The number of benzene rings is 2. The van der Waals surface area contributed by atoms with Gasteiger partial charge >= 0.3 is 5.97 Å². The van der Waals surface area contributed by atoms with Crippen LogP contribution in [0.3, 0.4) is 0 Å². The van der Waals surface area contributed by atoms with Crippen molar-refractivity contribution in [2.24, 2.45) is 34.8 Å². The molecule has 25 heteroatoms. The number of nitrogens with two attached hydrogens (primary N) is 4. The molecule has 3 aromatic rings. The zero-order valence-corrected chi connectivity index (χ0v) is 45.1. The van der Waals surface area contributed by atoms with Gasteiger partial charge in [0.1, 0.15) is 42.3 Å². The van der Waals surface area contributed by atoms with Gasteiger partial charge in [0.25, 0.3) is 0 Å². The number of aliphatic hydroxyl groups excluding tert-OH is 1. The summed E-state index contributed by atoms with van der Waals surface area (Å²) in [7, 11) is 0. The predicted molar refractivity (Wildman–Crippen MR) is 290 cm³/mol. The minimum atomic E-state index is -1.68. The number of carbonyl (C=O) groups is 10. The van der Waals surface area contributed by atoms with Crippen LogP contribution in [-0.4, -0.2) is 148 Å². The first-order valence-electron chi connectivity index (χ1n) is 26.3. The lowest BCUT2D eigenvalue weighted by atomic mass is 9.98. The Labute approximate surface area is 454 Å². The molecule has 0 bridgehead atoms. The quantitative estimate of drug-likeness (QED) is 0.0286. The summed E-state index contributed by atoms with van der Waals surface area (Å²) in [4.78, 5) is 137. The van der Waals surface area contributed by atoms with Crippen molar-refractivity contribution in [1.29, 1.82) is 0 Å². The monoisotopic (exact) mass is 1090 g/mol. The van der Waals surface area contributed by atoms with Crippen LogP contribution in [0.2, 0.25) is 0 Å². The fourth-order valence-corrected chi connectivity index (χ4v) is 8.35. The van der Waals surface area contributed by atoms with Crippen molar-refractivity contribution >= 4 is 70.0 Å². The number of hydrogen-bond acceptors (Lipinski definition) is 14. The normalized spacial score (nSPS) is 14.8. The number of rotatable bonds is 35. The molecule has 2 aromatic carbocycles. The first-order valence-corrected chi connectivity index (χ1v) is 26.3. The molecule has 0 aliphatic rings. The van der Waals surface area contributed by atoms with Crippen LogP contribution in [-0.2, 0) is 60.8 Å². The molecular weight excluding hydrogens is 1010 g/mol.